The van der Waals surface area contributed by atoms with E-state index in [1.165, 1.54) is 12.8 Å². The first-order valence-electron chi connectivity index (χ1n) is 5.43. The standard InChI is InChI=1S/C10H18N2O2/c11-8-10(4-1-2-5-10)12-6-3-7-14-9(12)13/h1-8,11H2. The third kappa shape index (κ3) is 1.47. The number of cyclic esters (lactones) is 1. The molecule has 2 rings (SSSR count). The van der Waals surface area contributed by atoms with Crippen molar-refractivity contribution in [3.05, 3.63) is 0 Å². The molecule has 1 saturated heterocycles. The molecule has 4 heteroatoms. The summed E-state index contributed by atoms with van der Waals surface area (Å²) < 4.78 is 5.06. The molecule has 14 heavy (non-hydrogen) atoms. The molecule has 2 aliphatic rings. The average molecular weight is 198 g/mol. The molecule has 2 fully saturated rings. The molecule has 0 spiro atoms. The predicted molar refractivity (Wildman–Crippen MR) is 52.9 cm³/mol. The van der Waals surface area contributed by atoms with Crippen LogP contribution in [0.1, 0.15) is 32.1 Å². The first kappa shape index (κ1) is 9.77. The van der Waals surface area contributed by atoms with Crippen LogP contribution in [-0.2, 0) is 4.74 Å². The fourth-order valence-corrected chi connectivity index (χ4v) is 2.60. The highest BCUT2D eigenvalue weighted by atomic mass is 16.6. The number of rotatable bonds is 2. The zero-order chi connectivity index (χ0) is 10.0. The van der Waals surface area contributed by atoms with Gasteiger partial charge in [0.15, 0.2) is 0 Å². The van der Waals surface area contributed by atoms with Gasteiger partial charge < -0.3 is 15.4 Å². The van der Waals surface area contributed by atoms with E-state index in [9.17, 15) is 4.79 Å². The van der Waals surface area contributed by atoms with Crippen molar-refractivity contribution in [1.82, 2.24) is 4.90 Å². The highest BCUT2D eigenvalue weighted by Crippen LogP contribution is 2.35. The van der Waals surface area contributed by atoms with Gasteiger partial charge >= 0.3 is 6.09 Å². The van der Waals surface area contributed by atoms with Crippen molar-refractivity contribution in [1.29, 1.82) is 0 Å². The Bertz CT molecular complexity index is 224. The van der Waals surface area contributed by atoms with E-state index < -0.39 is 0 Å². The Morgan fingerprint density at radius 1 is 1.36 bits per heavy atom. The molecule has 1 aliphatic heterocycles. The van der Waals surface area contributed by atoms with Crippen LogP contribution in [0.3, 0.4) is 0 Å². The van der Waals surface area contributed by atoms with Crippen molar-refractivity contribution in [2.45, 2.75) is 37.6 Å². The lowest BCUT2D eigenvalue weighted by Gasteiger charge is -2.41. The van der Waals surface area contributed by atoms with E-state index in [2.05, 4.69) is 0 Å². The molecule has 0 atom stereocenters. The summed E-state index contributed by atoms with van der Waals surface area (Å²) in [6.45, 7) is 1.95. The van der Waals surface area contributed by atoms with Crippen LogP contribution >= 0.6 is 0 Å². The van der Waals surface area contributed by atoms with Gasteiger partial charge in [0.1, 0.15) is 0 Å². The van der Waals surface area contributed by atoms with Crippen molar-refractivity contribution in [2.24, 2.45) is 5.73 Å². The zero-order valence-electron chi connectivity index (χ0n) is 8.50. The Morgan fingerprint density at radius 2 is 2.07 bits per heavy atom. The number of hydrogen-bond donors (Lipinski definition) is 1. The van der Waals surface area contributed by atoms with E-state index in [1.54, 1.807) is 0 Å². The van der Waals surface area contributed by atoms with Crippen LogP contribution in [0.2, 0.25) is 0 Å². The number of carbonyl (C=O) groups is 1. The van der Waals surface area contributed by atoms with Crippen LogP contribution in [0.5, 0.6) is 0 Å². The number of nitrogens with two attached hydrogens (primary N) is 1. The third-order valence-electron chi connectivity index (χ3n) is 3.46. The van der Waals surface area contributed by atoms with Gasteiger partial charge in [0, 0.05) is 13.1 Å². The first-order chi connectivity index (χ1) is 6.78. The minimum Gasteiger partial charge on any atom is -0.449 e. The Labute approximate surface area is 84.4 Å². The summed E-state index contributed by atoms with van der Waals surface area (Å²) in [6, 6.07) is 0. The summed E-state index contributed by atoms with van der Waals surface area (Å²) >= 11 is 0. The second-order valence-corrected chi connectivity index (χ2v) is 4.26. The Hall–Kier alpha value is -0.770. The van der Waals surface area contributed by atoms with Gasteiger partial charge in [0.25, 0.3) is 0 Å². The van der Waals surface area contributed by atoms with Crippen molar-refractivity contribution in [2.75, 3.05) is 19.7 Å². The van der Waals surface area contributed by atoms with Crippen LogP contribution in [0, 0.1) is 0 Å². The van der Waals surface area contributed by atoms with Gasteiger partial charge in [-0.15, -0.1) is 0 Å². The van der Waals surface area contributed by atoms with Gasteiger partial charge in [-0.05, 0) is 19.3 Å². The summed E-state index contributed by atoms with van der Waals surface area (Å²) in [7, 11) is 0. The van der Waals surface area contributed by atoms with Gasteiger partial charge in [-0.3, -0.25) is 0 Å². The van der Waals surface area contributed by atoms with E-state index in [0.29, 0.717) is 13.2 Å². The molecule has 80 valence electrons. The van der Waals surface area contributed by atoms with E-state index in [-0.39, 0.29) is 11.6 Å². The first-order valence-corrected chi connectivity index (χ1v) is 5.43. The average Bonchev–Trinajstić information content (AvgIpc) is 2.68. The number of nitrogens with zero attached hydrogens (tertiary/aromatic N) is 1. The monoisotopic (exact) mass is 198 g/mol. The molecular formula is C10H18N2O2. The molecule has 0 aromatic heterocycles. The molecule has 0 aromatic rings. The van der Waals surface area contributed by atoms with Gasteiger partial charge in [-0.25, -0.2) is 4.79 Å². The quantitative estimate of drug-likeness (QED) is 0.723. The molecule has 2 N–H and O–H groups in total. The van der Waals surface area contributed by atoms with Crippen LogP contribution in [0.15, 0.2) is 0 Å². The summed E-state index contributed by atoms with van der Waals surface area (Å²) in [5, 5.41) is 0. The molecule has 1 heterocycles. The van der Waals surface area contributed by atoms with Crippen molar-refractivity contribution in [3.63, 3.8) is 0 Å². The van der Waals surface area contributed by atoms with Crippen molar-refractivity contribution >= 4 is 6.09 Å². The molecule has 0 unspecified atom stereocenters. The molecule has 4 nitrogen and oxygen atoms in total. The molecule has 0 bridgehead atoms. The summed E-state index contributed by atoms with van der Waals surface area (Å²) in [5.74, 6) is 0. The fourth-order valence-electron chi connectivity index (χ4n) is 2.60. The maximum atomic E-state index is 11.6. The van der Waals surface area contributed by atoms with Gasteiger partial charge in [-0.2, -0.15) is 0 Å². The van der Waals surface area contributed by atoms with E-state index in [4.69, 9.17) is 10.5 Å². The largest absolute Gasteiger partial charge is 0.449 e. The zero-order valence-corrected chi connectivity index (χ0v) is 8.50. The molecule has 1 saturated carbocycles. The minimum absolute atomic E-state index is 0.0858. The topological polar surface area (TPSA) is 55.6 Å². The minimum atomic E-state index is -0.163. The molecular weight excluding hydrogens is 180 g/mol. The van der Waals surface area contributed by atoms with Gasteiger partial charge in [-0.1, -0.05) is 12.8 Å². The van der Waals surface area contributed by atoms with Crippen LogP contribution in [-0.4, -0.2) is 36.2 Å². The molecule has 1 amide bonds. The van der Waals surface area contributed by atoms with E-state index in [1.807, 2.05) is 4.90 Å². The fraction of sp³-hybridized carbons (Fsp3) is 0.900. The Kier molecular flexibility index (Phi) is 2.63. The van der Waals surface area contributed by atoms with Crippen molar-refractivity contribution in [3.8, 4) is 0 Å². The summed E-state index contributed by atoms with van der Waals surface area (Å²) in [5.41, 5.74) is 5.73. The van der Waals surface area contributed by atoms with Gasteiger partial charge in [0.2, 0.25) is 0 Å². The maximum absolute atomic E-state index is 11.6. The SMILES string of the molecule is NCC1(N2CCCOC2=O)CCCC1. The van der Waals surface area contributed by atoms with E-state index in [0.717, 1.165) is 25.8 Å². The highest BCUT2D eigenvalue weighted by Gasteiger charge is 2.42. The summed E-state index contributed by atoms with van der Waals surface area (Å²) in [4.78, 5) is 13.5. The van der Waals surface area contributed by atoms with E-state index >= 15 is 0 Å². The lowest BCUT2D eigenvalue weighted by Crippen LogP contribution is -2.56. The molecule has 0 aromatic carbocycles. The maximum Gasteiger partial charge on any atom is 0.410 e. The Morgan fingerprint density at radius 3 is 2.64 bits per heavy atom. The second kappa shape index (κ2) is 3.77. The smallest absolute Gasteiger partial charge is 0.410 e. The normalized spacial score (nSPS) is 26.4. The number of amides is 1. The summed E-state index contributed by atoms with van der Waals surface area (Å²) in [6.07, 6.45) is 5.22. The predicted octanol–water partition coefficient (Wildman–Crippen LogP) is 1.10. The Balaban J connectivity index is 2.13. The number of hydrogen-bond acceptors (Lipinski definition) is 3. The van der Waals surface area contributed by atoms with Crippen LogP contribution in [0.25, 0.3) is 0 Å². The number of ether oxygens (including phenoxy) is 1. The van der Waals surface area contributed by atoms with Crippen LogP contribution < -0.4 is 5.73 Å². The second-order valence-electron chi connectivity index (χ2n) is 4.26. The number of carbonyl (C=O) groups excluding carboxylic acids is 1. The highest BCUT2D eigenvalue weighted by molar-refractivity contribution is 5.69. The van der Waals surface area contributed by atoms with Crippen molar-refractivity contribution < 1.29 is 9.53 Å². The lowest BCUT2D eigenvalue weighted by molar-refractivity contribution is 0.0237. The van der Waals surface area contributed by atoms with Crippen LogP contribution in [0.4, 0.5) is 4.79 Å². The molecule has 0 radical (unpaired) electrons. The lowest BCUT2D eigenvalue weighted by atomic mass is 9.95. The van der Waals surface area contributed by atoms with Gasteiger partial charge in [0.05, 0.1) is 12.1 Å². The molecule has 1 aliphatic carbocycles. The third-order valence-corrected chi connectivity index (χ3v) is 3.46.